The Morgan fingerprint density at radius 2 is 1.67 bits per heavy atom. The van der Waals surface area contributed by atoms with Crippen molar-refractivity contribution < 1.29 is 33.0 Å². The van der Waals surface area contributed by atoms with Crippen LogP contribution in [0.5, 0.6) is 11.5 Å². The van der Waals surface area contributed by atoms with Crippen LogP contribution in [0.4, 0.5) is 14.5 Å². The van der Waals surface area contributed by atoms with Gasteiger partial charge in [-0.1, -0.05) is 51.5 Å². The summed E-state index contributed by atoms with van der Waals surface area (Å²) in [4.78, 5) is 28.3. The van der Waals surface area contributed by atoms with E-state index in [4.69, 9.17) is 9.47 Å². The lowest BCUT2D eigenvalue weighted by Gasteiger charge is -2.27. The maximum absolute atomic E-state index is 15.0. The summed E-state index contributed by atoms with van der Waals surface area (Å²) in [5.41, 5.74) is 4.39. The molecule has 9 heteroatoms. The van der Waals surface area contributed by atoms with Crippen LogP contribution in [-0.4, -0.2) is 41.8 Å². The van der Waals surface area contributed by atoms with Crippen LogP contribution in [0.15, 0.2) is 48.5 Å². The third-order valence-corrected chi connectivity index (χ3v) is 8.54. The fraction of sp³-hybridized carbons (Fsp3) is 0.412. The molecule has 3 aromatic rings. The number of halogens is 2. The van der Waals surface area contributed by atoms with Gasteiger partial charge in [-0.25, -0.2) is 8.78 Å². The number of fused-ring (bicyclic) bond motifs is 1. The molecule has 7 nitrogen and oxygen atoms in total. The number of hydrogen-bond donors (Lipinski definition) is 2. The number of unbranched alkanes of at least 4 members (excludes halogenated alkanes) is 1. The molecule has 5 rings (SSSR count). The van der Waals surface area contributed by atoms with Gasteiger partial charge in [-0.15, -0.1) is 0 Å². The molecule has 1 fully saturated rings. The van der Waals surface area contributed by atoms with Crippen LogP contribution in [0.25, 0.3) is 0 Å². The molecule has 0 bridgehead atoms. The Labute approximate surface area is 250 Å². The smallest absolute Gasteiger partial charge is 0.309 e. The number of anilines is 1. The van der Waals surface area contributed by atoms with Crippen molar-refractivity contribution in [1.82, 2.24) is 4.90 Å². The van der Waals surface area contributed by atoms with Crippen molar-refractivity contribution in [2.75, 3.05) is 25.2 Å². The first-order valence-electron chi connectivity index (χ1n) is 15.0. The van der Waals surface area contributed by atoms with Crippen molar-refractivity contribution in [3.63, 3.8) is 0 Å². The first kappa shape index (κ1) is 30.5. The number of aryl methyl sites for hydroxylation is 3. The van der Waals surface area contributed by atoms with Crippen LogP contribution in [0.2, 0.25) is 0 Å². The topological polar surface area (TPSA) is 88.1 Å². The fourth-order valence-corrected chi connectivity index (χ4v) is 6.40. The number of aliphatic carboxylic acids is 1. The third-order valence-electron chi connectivity index (χ3n) is 8.54. The van der Waals surface area contributed by atoms with Gasteiger partial charge < -0.3 is 19.9 Å². The van der Waals surface area contributed by atoms with Gasteiger partial charge in [0.2, 0.25) is 18.4 Å². The van der Waals surface area contributed by atoms with Gasteiger partial charge in [0.1, 0.15) is 5.82 Å². The van der Waals surface area contributed by atoms with Gasteiger partial charge in [0.25, 0.3) is 0 Å². The number of likely N-dealkylation sites (tertiary alicyclic amines) is 1. The van der Waals surface area contributed by atoms with E-state index in [0.29, 0.717) is 35.2 Å². The molecule has 1 amide bonds. The van der Waals surface area contributed by atoms with E-state index in [0.717, 1.165) is 30.4 Å². The van der Waals surface area contributed by atoms with Crippen LogP contribution in [0.3, 0.4) is 0 Å². The molecule has 2 aliphatic heterocycles. The SMILES string of the molecule is CCCCc1ccc([C@H]2[C@H](C(=O)O)[C@@H](c3cc(F)c4c(c3)OCO4)CN2CC(=O)Nc2c(CC)cc(F)cc2CC)cc1. The first-order chi connectivity index (χ1) is 20.7. The Bertz CT molecular complexity index is 1470. The number of ether oxygens (including phenoxy) is 2. The molecule has 0 aromatic heterocycles. The number of hydrogen-bond acceptors (Lipinski definition) is 5. The van der Waals surface area contributed by atoms with Crippen molar-refractivity contribution in [3.8, 4) is 11.5 Å². The summed E-state index contributed by atoms with van der Waals surface area (Å²) in [6.45, 7) is 5.93. The minimum atomic E-state index is -1.04. The molecule has 3 atom stereocenters. The summed E-state index contributed by atoms with van der Waals surface area (Å²) in [6, 6.07) is 13.0. The molecular formula is C34H38F2N2O5. The lowest BCUT2D eigenvalue weighted by atomic mass is 9.82. The van der Waals surface area contributed by atoms with E-state index < -0.39 is 29.7 Å². The van der Waals surface area contributed by atoms with Crippen LogP contribution in [0.1, 0.15) is 73.4 Å². The van der Waals surface area contributed by atoms with Crippen molar-refractivity contribution in [1.29, 1.82) is 0 Å². The monoisotopic (exact) mass is 592 g/mol. The Kier molecular flexibility index (Phi) is 9.30. The highest BCUT2D eigenvalue weighted by molar-refractivity contribution is 5.94. The van der Waals surface area contributed by atoms with E-state index in [2.05, 4.69) is 12.2 Å². The van der Waals surface area contributed by atoms with E-state index in [1.807, 2.05) is 43.0 Å². The number of rotatable bonds is 11. The molecule has 1 saturated heterocycles. The summed E-state index contributed by atoms with van der Waals surface area (Å²) < 4.78 is 39.8. The third kappa shape index (κ3) is 6.37. The lowest BCUT2D eigenvalue weighted by Crippen LogP contribution is -2.35. The summed E-state index contributed by atoms with van der Waals surface area (Å²) in [5, 5.41) is 13.5. The van der Waals surface area contributed by atoms with Gasteiger partial charge >= 0.3 is 5.97 Å². The maximum atomic E-state index is 15.0. The molecule has 0 spiro atoms. The van der Waals surface area contributed by atoms with E-state index in [1.54, 1.807) is 6.07 Å². The highest BCUT2D eigenvalue weighted by Gasteiger charge is 2.48. The molecule has 228 valence electrons. The van der Waals surface area contributed by atoms with Crippen molar-refractivity contribution in [2.24, 2.45) is 5.92 Å². The quantitative estimate of drug-likeness (QED) is 0.260. The van der Waals surface area contributed by atoms with Gasteiger partial charge in [-0.05, 0) is 77.8 Å². The number of carbonyl (C=O) groups is 2. The standard InChI is InChI=1S/C34H38F2N2O5/c1-4-7-8-20-9-11-23(12-10-20)32-30(34(40)41)26(24-15-27(36)33-28(16-24)42-19-43-33)17-38(32)18-29(39)37-31-21(5-2)13-25(35)14-22(31)6-3/h9-16,26,30,32H,4-8,17-19H2,1-3H3,(H,37,39)(H,40,41)/t26-,30-,32+/m1/s1. The zero-order valence-corrected chi connectivity index (χ0v) is 24.8. The second kappa shape index (κ2) is 13.1. The van der Waals surface area contributed by atoms with Crippen molar-refractivity contribution in [2.45, 2.75) is 64.8 Å². The Morgan fingerprint density at radius 3 is 2.30 bits per heavy atom. The lowest BCUT2D eigenvalue weighted by molar-refractivity contribution is -0.143. The molecule has 0 aliphatic carbocycles. The molecule has 0 saturated carbocycles. The van der Waals surface area contributed by atoms with Gasteiger partial charge in [0.05, 0.1) is 12.5 Å². The zero-order valence-electron chi connectivity index (χ0n) is 24.8. The molecule has 2 heterocycles. The molecular weight excluding hydrogens is 554 g/mol. The molecule has 3 aromatic carbocycles. The highest BCUT2D eigenvalue weighted by atomic mass is 19.1. The van der Waals surface area contributed by atoms with Crippen molar-refractivity contribution >= 4 is 17.6 Å². The molecule has 43 heavy (non-hydrogen) atoms. The van der Waals surface area contributed by atoms with Crippen LogP contribution in [-0.2, 0) is 28.9 Å². The van der Waals surface area contributed by atoms with Gasteiger partial charge in [-0.2, -0.15) is 0 Å². The Morgan fingerprint density at radius 1 is 0.977 bits per heavy atom. The van der Waals surface area contributed by atoms with Crippen LogP contribution < -0.4 is 14.8 Å². The highest BCUT2D eigenvalue weighted by Crippen LogP contribution is 2.48. The summed E-state index contributed by atoms with van der Waals surface area (Å²) in [7, 11) is 0. The first-order valence-corrected chi connectivity index (χ1v) is 15.0. The van der Waals surface area contributed by atoms with E-state index >= 15 is 0 Å². The summed E-state index contributed by atoms with van der Waals surface area (Å²) in [5.74, 6) is -3.66. The fourth-order valence-electron chi connectivity index (χ4n) is 6.40. The minimum Gasteiger partial charge on any atom is -0.481 e. The molecule has 2 N–H and O–H groups in total. The number of carboxylic acid groups (broad SMARTS) is 1. The average Bonchev–Trinajstić information content (AvgIpc) is 3.62. The van der Waals surface area contributed by atoms with Crippen molar-refractivity contribution in [3.05, 3.63) is 88.0 Å². The van der Waals surface area contributed by atoms with Gasteiger partial charge in [0, 0.05) is 24.2 Å². The van der Waals surface area contributed by atoms with Gasteiger partial charge in [-0.3, -0.25) is 14.5 Å². The van der Waals surface area contributed by atoms with Crippen LogP contribution >= 0.6 is 0 Å². The van der Waals surface area contributed by atoms with Crippen LogP contribution in [0, 0.1) is 17.6 Å². The summed E-state index contributed by atoms with van der Waals surface area (Å²) in [6.07, 6.45) is 4.11. The second-order valence-corrected chi connectivity index (χ2v) is 11.3. The molecule has 0 radical (unpaired) electrons. The largest absolute Gasteiger partial charge is 0.481 e. The normalized spacial score (nSPS) is 19.5. The maximum Gasteiger partial charge on any atom is 0.309 e. The van der Waals surface area contributed by atoms with E-state index in [9.17, 15) is 23.5 Å². The predicted octanol–water partition coefficient (Wildman–Crippen LogP) is 6.64. The Balaban J connectivity index is 1.50. The number of carbonyl (C=O) groups excluding carboxylic acids is 1. The molecule has 0 unspecified atom stereocenters. The summed E-state index contributed by atoms with van der Waals surface area (Å²) >= 11 is 0. The number of carboxylic acids is 1. The average molecular weight is 593 g/mol. The second-order valence-electron chi connectivity index (χ2n) is 11.3. The molecule has 2 aliphatic rings. The number of nitrogens with one attached hydrogen (secondary N) is 1. The number of amides is 1. The van der Waals surface area contributed by atoms with Gasteiger partial charge in [0.15, 0.2) is 11.6 Å². The predicted molar refractivity (Wildman–Crippen MR) is 160 cm³/mol. The van der Waals surface area contributed by atoms with E-state index in [-0.39, 0.29) is 43.1 Å². The Hall–Kier alpha value is -3.98. The number of nitrogens with zero attached hydrogens (tertiary/aromatic N) is 1. The minimum absolute atomic E-state index is 0.0156. The van der Waals surface area contributed by atoms with E-state index in [1.165, 1.54) is 18.2 Å². The zero-order chi connectivity index (χ0) is 30.7. The number of benzene rings is 3.